The Hall–Kier alpha value is -2.56. The Morgan fingerprint density at radius 1 is 0.885 bits per heavy atom. The molecular formula is C21H16ClNO2S. The molecule has 0 aliphatic heterocycles. The zero-order valence-corrected chi connectivity index (χ0v) is 15.4. The van der Waals surface area contributed by atoms with Crippen LogP contribution in [0.15, 0.2) is 83.8 Å². The van der Waals surface area contributed by atoms with E-state index in [1.807, 2.05) is 36.4 Å². The number of rotatable bonds is 6. The van der Waals surface area contributed by atoms with Gasteiger partial charge in [0.2, 0.25) is 5.91 Å². The second kappa shape index (κ2) is 8.70. The van der Waals surface area contributed by atoms with E-state index in [4.69, 9.17) is 11.6 Å². The number of hydrogen-bond donors (Lipinski definition) is 1. The fourth-order valence-electron chi connectivity index (χ4n) is 2.41. The third kappa shape index (κ3) is 4.75. The molecular weight excluding hydrogens is 366 g/mol. The molecule has 3 aromatic carbocycles. The topological polar surface area (TPSA) is 46.2 Å². The van der Waals surface area contributed by atoms with E-state index in [2.05, 4.69) is 5.32 Å². The van der Waals surface area contributed by atoms with E-state index in [1.54, 1.807) is 42.5 Å². The molecule has 26 heavy (non-hydrogen) atoms. The molecule has 0 saturated heterocycles. The van der Waals surface area contributed by atoms with E-state index < -0.39 is 0 Å². The van der Waals surface area contributed by atoms with Gasteiger partial charge in [-0.25, -0.2) is 0 Å². The van der Waals surface area contributed by atoms with Gasteiger partial charge in [-0.1, -0.05) is 60.1 Å². The van der Waals surface area contributed by atoms with Gasteiger partial charge >= 0.3 is 0 Å². The summed E-state index contributed by atoms with van der Waals surface area (Å²) in [5, 5.41) is 3.26. The van der Waals surface area contributed by atoms with Gasteiger partial charge < -0.3 is 5.32 Å². The number of carbonyl (C=O) groups is 2. The van der Waals surface area contributed by atoms with Crippen LogP contribution in [-0.4, -0.2) is 17.4 Å². The lowest BCUT2D eigenvalue weighted by molar-refractivity contribution is -0.113. The van der Waals surface area contributed by atoms with Crippen LogP contribution in [0.5, 0.6) is 0 Å². The molecule has 0 bridgehead atoms. The third-order valence-electron chi connectivity index (χ3n) is 3.65. The Morgan fingerprint density at radius 3 is 2.23 bits per heavy atom. The fourth-order valence-corrected chi connectivity index (χ4v) is 3.30. The van der Waals surface area contributed by atoms with Gasteiger partial charge in [-0.3, -0.25) is 9.59 Å². The second-order valence-electron chi connectivity index (χ2n) is 5.53. The monoisotopic (exact) mass is 381 g/mol. The molecule has 0 heterocycles. The first kappa shape index (κ1) is 18.2. The van der Waals surface area contributed by atoms with E-state index >= 15 is 0 Å². The van der Waals surface area contributed by atoms with Crippen molar-refractivity contribution in [2.75, 3.05) is 11.1 Å². The molecule has 5 heteroatoms. The maximum Gasteiger partial charge on any atom is 0.234 e. The van der Waals surface area contributed by atoms with Crippen LogP contribution in [0, 0.1) is 0 Å². The average Bonchev–Trinajstić information content (AvgIpc) is 2.69. The van der Waals surface area contributed by atoms with Crippen molar-refractivity contribution in [1.29, 1.82) is 0 Å². The summed E-state index contributed by atoms with van der Waals surface area (Å²) in [7, 11) is 0. The molecule has 3 rings (SSSR count). The van der Waals surface area contributed by atoms with Gasteiger partial charge in [0.05, 0.1) is 11.4 Å². The second-order valence-corrected chi connectivity index (χ2v) is 7.02. The number of halogens is 1. The summed E-state index contributed by atoms with van der Waals surface area (Å²) < 4.78 is 0. The Balaban J connectivity index is 1.75. The Labute approximate surface area is 161 Å². The van der Waals surface area contributed by atoms with Crippen LogP contribution in [-0.2, 0) is 4.79 Å². The third-order valence-corrected chi connectivity index (χ3v) is 4.90. The Kier molecular flexibility index (Phi) is 6.10. The van der Waals surface area contributed by atoms with Crippen LogP contribution in [0.1, 0.15) is 15.9 Å². The zero-order valence-electron chi connectivity index (χ0n) is 13.8. The van der Waals surface area contributed by atoms with Crippen molar-refractivity contribution >= 4 is 40.7 Å². The minimum Gasteiger partial charge on any atom is -0.325 e. The predicted molar refractivity (Wildman–Crippen MR) is 107 cm³/mol. The minimum atomic E-state index is -0.181. The lowest BCUT2D eigenvalue weighted by Gasteiger charge is -2.11. The quantitative estimate of drug-likeness (QED) is 0.465. The molecule has 0 aromatic heterocycles. The standard InChI is InChI=1S/C21H16ClNO2S/c22-16-11-12-19(18(13-16)21(25)15-7-3-1-4-8-15)23-20(24)14-26-17-9-5-2-6-10-17/h1-13H,14H2,(H,23,24). The van der Waals surface area contributed by atoms with E-state index in [0.29, 0.717) is 21.8 Å². The summed E-state index contributed by atoms with van der Waals surface area (Å²) in [6.07, 6.45) is 0. The highest BCUT2D eigenvalue weighted by Gasteiger charge is 2.16. The number of ketones is 1. The fraction of sp³-hybridized carbons (Fsp3) is 0.0476. The molecule has 1 amide bonds. The van der Waals surface area contributed by atoms with Crippen molar-refractivity contribution in [3.05, 3.63) is 95.0 Å². The van der Waals surface area contributed by atoms with Crippen molar-refractivity contribution in [2.24, 2.45) is 0 Å². The summed E-state index contributed by atoms with van der Waals surface area (Å²) in [6, 6.07) is 23.5. The van der Waals surface area contributed by atoms with Crippen molar-refractivity contribution < 1.29 is 9.59 Å². The van der Waals surface area contributed by atoms with Crippen LogP contribution in [0.2, 0.25) is 5.02 Å². The highest BCUT2D eigenvalue weighted by atomic mass is 35.5. The molecule has 3 nitrogen and oxygen atoms in total. The van der Waals surface area contributed by atoms with Gasteiger partial charge in [-0.15, -0.1) is 11.8 Å². The van der Waals surface area contributed by atoms with Crippen molar-refractivity contribution in [1.82, 2.24) is 0 Å². The summed E-state index contributed by atoms with van der Waals surface area (Å²) in [4.78, 5) is 26.1. The number of nitrogens with one attached hydrogen (secondary N) is 1. The first-order valence-electron chi connectivity index (χ1n) is 8.00. The number of benzene rings is 3. The molecule has 0 radical (unpaired) electrons. The minimum absolute atomic E-state index is 0.178. The van der Waals surface area contributed by atoms with Gasteiger partial charge in [0.25, 0.3) is 0 Å². The summed E-state index contributed by atoms with van der Waals surface area (Å²) in [5.74, 6) is -0.103. The number of carbonyl (C=O) groups excluding carboxylic acids is 2. The van der Waals surface area contributed by atoms with Crippen LogP contribution >= 0.6 is 23.4 Å². The molecule has 3 aromatic rings. The molecule has 1 N–H and O–H groups in total. The lowest BCUT2D eigenvalue weighted by atomic mass is 10.0. The number of amides is 1. The predicted octanol–water partition coefficient (Wildman–Crippen LogP) is 5.30. The zero-order chi connectivity index (χ0) is 18.4. The molecule has 0 saturated carbocycles. The molecule has 0 fully saturated rings. The van der Waals surface area contributed by atoms with Gasteiger partial charge in [-0.05, 0) is 30.3 Å². The number of anilines is 1. The highest BCUT2D eigenvalue weighted by molar-refractivity contribution is 8.00. The largest absolute Gasteiger partial charge is 0.325 e. The molecule has 0 spiro atoms. The van der Waals surface area contributed by atoms with Gasteiger partial charge in [0.1, 0.15) is 0 Å². The number of hydrogen-bond acceptors (Lipinski definition) is 3. The molecule has 0 unspecified atom stereocenters. The summed E-state index contributed by atoms with van der Waals surface area (Å²) >= 11 is 7.50. The van der Waals surface area contributed by atoms with E-state index in [9.17, 15) is 9.59 Å². The van der Waals surface area contributed by atoms with Crippen molar-refractivity contribution in [2.45, 2.75) is 4.90 Å². The molecule has 0 aliphatic carbocycles. The SMILES string of the molecule is O=C(CSc1ccccc1)Nc1ccc(Cl)cc1C(=O)c1ccccc1. The smallest absolute Gasteiger partial charge is 0.234 e. The van der Waals surface area contributed by atoms with Gasteiger partial charge in [0.15, 0.2) is 5.78 Å². The average molecular weight is 382 g/mol. The van der Waals surface area contributed by atoms with Crippen molar-refractivity contribution in [3.8, 4) is 0 Å². The van der Waals surface area contributed by atoms with Crippen LogP contribution < -0.4 is 5.32 Å². The normalized spacial score (nSPS) is 10.3. The van der Waals surface area contributed by atoms with Crippen molar-refractivity contribution in [3.63, 3.8) is 0 Å². The lowest BCUT2D eigenvalue weighted by Crippen LogP contribution is -2.17. The van der Waals surface area contributed by atoms with E-state index in [0.717, 1.165) is 4.90 Å². The number of thioether (sulfide) groups is 1. The van der Waals surface area contributed by atoms with E-state index in [1.165, 1.54) is 11.8 Å². The van der Waals surface area contributed by atoms with E-state index in [-0.39, 0.29) is 17.4 Å². The van der Waals surface area contributed by atoms with Crippen LogP contribution in [0.3, 0.4) is 0 Å². The molecule has 0 atom stereocenters. The summed E-state index contributed by atoms with van der Waals surface area (Å²) in [6.45, 7) is 0. The molecule has 0 aliphatic rings. The highest BCUT2D eigenvalue weighted by Crippen LogP contribution is 2.24. The Morgan fingerprint density at radius 2 is 1.54 bits per heavy atom. The summed E-state index contributed by atoms with van der Waals surface area (Å²) in [5.41, 5.74) is 1.38. The van der Waals surface area contributed by atoms with Crippen LogP contribution in [0.25, 0.3) is 0 Å². The van der Waals surface area contributed by atoms with Gasteiger partial charge in [0, 0.05) is 21.0 Å². The molecule has 130 valence electrons. The van der Waals surface area contributed by atoms with Gasteiger partial charge in [-0.2, -0.15) is 0 Å². The maximum atomic E-state index is 12.8. The maximum absolute atomic E-state index is 12.8. The van der Waals surface area contributed by atoms with Crippen LogP contribution in [0.4, 0.5) is 5.69 Å². The first-order valence-corrected chi connectivity index (χ1v) is 9.37. The Bertz CT molecular complexity index is 914. The first-order chi connectivity index (χ1) is 12.6.